The highest BCUT2D eigenvalue weighted by Crippen LogP contribution is 2.38. The van der Waals surface area contributed by atoms with Crippen LogP contribution in [0.4, 0.5) is 10.1 Å². The van der Waals surface area contributed by atoms with E-state index in [0.717, 1.165) is 15.7 Å². The van der Waals surface area contributed by atoms with Gasteiger partial charge in [0.05, 0.1) is 22.3 Å². The van der Waals surface area contributed by atoms with Gasteiger partial charge in [0.1, 0.15) is 5.82 Å². The Hall–Kier alpha value is -0.970. The Labute approximate surface area is 141 Å². The molecule has 0 bridgehead atoms. The van der Waals surface area contributed by atoms with Crippen LogP contribution in [-0.2, 0) is 0 Å². The lowest BCUT2D eigenvalue weighted by molar-refractivity contribution is 0.413. The highest BCUT2D eigenvalue weighted by Gasteiger charge is 2.14. The second kappa shape index (κ2) is 6.86. The van der Waals surface area contributed by atoms with E-state index in [1.54, 1.807) is 31.4 Å². The molecule has 0 aromatic heterocycles. The van der Waals surface area contributed by atoms with Crippen molar-refractivity contribution in [2.75, 3.05) is 12.4 Å². The van der Waals surface area contributed by atoms with E-state index in [1.807, 2.05) is 6.92 Å². The van der Waals surface area contributed by atoms with Gasteiger partial charge in [-0.05, 0) is 52.7 Å². The number of ether oxygens (including phenoxy) is 1. The fourth-order valence-corrected chi connectivity index (χ4v) is 3.13. The van der Waals surface area contributed by atoms with Crippen LogP contribution in [0, 0.1) is 5.82 Å². The molecular formula is C15H13BrCl2FNO. The number of methoxy groups -OCH3 is 1. The largest absolute Gasteiger partial charge is 0.493 e. The molecule has 2 rings (SSSR count). The van der Waals surface area contributed by atoms with Crippen LogP contribution in [0.15, 0.2) is 34.8 Å². The second-order valence-electron chi connectivity index (χ2n) is 4.51. The monoisotopic (exact) mass is 391 g/mol. The Bertz CT molecular complexity index is 666. The number of hydrogen-bond donors (Lipinski definition) is 1. The summed E-state index contributed by atoms with van der Waals surface area (Å²) in [5.74, 6) is 0.218. The van der Waals surface area contributed by atoms with Crippen LogP contribution in [0.1, 0.15) is 18.5 Å². The Kier molecular flexibility index (Phi) is 5.36. The van der Waals surface area contributed by atoms with Crippen molar-refractivity contribution in [3.05, 3.63) is 56.2 Å². The van der Waals surface area contributed by atoms with E-state index in [9.17, 15) is 4.39 Å². The third-order valence-corrected chi connectivity index (χ3v) is 4.13. The van der Waals surface area contributed by atoms with E-state index in [4.69, 9.17) is 27.9 Å². The predicted octanol–water partition coefficient (Wildman–Crippen LogP) is 6.08. The first-order valence-electron chi connectivity index (χ1n) is 6.17. The molecule has 2 aromatic rings. The van der Waals surface area contributed by atoms with Crippen molar-refractivity contribution in [3.8, 4) is 5.75 Å². The van der Waals surface area contributed by atoms with Crippen molar-refractivity contribution in [3.63, 3.8) is 0 Å². The average molecular weight is 393 g/mol. The zero-order valence-electron chi connectivity index (χ0n) is 11.4. The van der Waals surface area contributed by atoms with Crippen molar-refractivity contribution in [2.45, 2.75) is 13.0 Å². The summed E-state index contributed by atoms with van der Waals surface area (Å²) < 4.78 is 19.3. The number of anilines is 1. The van der Waals surface area contributed by atoms with Crippen LogP contribution in [0.3, 0.4) is 0 Å². The van der Waals surface area contributed by atoms with Crippen molar-refractivity contribution in [2.24, 2.45) is 0 Å². The molecule has 0 radical (unpaired) electrons. The summed E-state index contributed by atoms with van der Waals surface area (Å²) in [6.07, 6.45) is 0. The first kappa shape index (κ1) is 16.4. The van der Waals surface area contributed by atoms with E-state index in [-0.39, 0.29) is 11.1 Å². The highest BCUT2D eigenvalue weighted by molar-refractivity contribution is 9.10. The number of nitrogens with one attached hydrogen (secondary N) is 1. The Balaban J connectivity index is 2.30. The van der Waals surface area contributed by atoms with Crippen LogP contribution in [0.25, 0.3) is 0 Å². The third kappa shape index (κ3) is 3.82. The molecule has 6 heteroatoms. The SMILES string of the molecule is COc1c(Br)cc(Cl)cc1NC(C)c1ccc(F)c(Cl)c1. The Morgan fingerprint density at radius 1 is 1.24 bits per heavy atom. The molecule has 0 amide bonds. The molecule has 0 aliphatic carbocycles. The van der Waals surface area contributed by atoms with Crippen LogP contribution in [0.2, 0.25) is 10.0 Å². The summed E-state index contributed by atoms with van der Waals surface area (Å²) in [4.78, 5) is 0. The first-order valence-corrected chi connectivity index (χ1v) is 7.71. The molecule has 0 fully saturated rings. The molecule has 112 valence electrons. The van der Waals surface area contributed by atoms with Gasteiger partial charge in [-0.25, -0.2) is 4.39 Å². The van der Waals surface area contributed by atoms with Crippen molar-refractivity contribution in [1.82, 2.24) is 0 Å². The van der Waals surface area contributed by atoms with Gasteiger partial charge in [-0.3, -0.25) is 0 Å². The molecule has 1 unspecified atom stereocenters. The van der Waals surface area contributed by atoms with Gasteiger partial charge < -0.3 is 10.1 Å². The average Bonchev–Trinajstić information content (AvgIpc) is 2.41. The summed E-state index contributed by atoms with van der Waals surface area (Å²) in [6.45, 7) is 1.94. The van der Waals surface area contributed by atoms with Gasteiger partial charge in [0.15, 0.2) is 5.75 Å². The van der Waals surface area contributed by atoms with Gasteiger partial charge in [-0.2, -0.15) is 0 Å². The summed E-state index contributed by atoms with van der Waals surface area (Å²) in [5, 5.41) is 3.96. The first-order chi connectivity index (χ1) is 9.92. The number of hydrogen-bond acceptors (Lipinski definition) is 2. The molecule has 0 spiro atoms. The summed E-state index contributed by atoms with van der Waals surface area (Å²) in [7, 11) is 1.58. The Morgan fingerprint density at radius 2 is 1.95 bits per heavy atom. The van der Waals surface area contributed by atoms with E-state index >= 15 is 0 Å². The zero-order valence-corrected chi connectivity index (χ0v) is 14.5. The van der Waals surface area contributed by atoms with E-state index < -0.39 is 5.82 Å². The van der Waals surface area contributed by atoms with Crippen molar-refractivity contribution in [1.29, 1.82) is 0 Å². The molecule has 21 heavy (non-hydrogen) atoms. The normalized spacial score (nSPS) is 12.1. The molecule has 0 aliphatic rings. The highest BCUT2D eigenvalue weighted by atomic mass is 79.9. The molecule has 2 aromatic carbocycles. The van der Waals surface area contributed by atoms with Crippen molar-refractivity contribution < 1.29 is 9.13 Å². The minimum Gasteiger partial charge on any atom is -0.493 e. The topological polar surface area (TPSA) is 21.3 Å². The number of halogens is 4. The fourth-order valence-electron chi connectivity index (χ4n) is 1.97. The van der Waals surface area contributed by atoms with Gasteiger partial charge in [0, 0.05) is 11.1 Å². The second-order valence-corrected chi connectivity index (χ2v) is 6.21. The van der Waals surface area contributed by atoms with Gasteiger partial charge in [0.25, 0.3) is 0 Å². The quantitative estimate of drug-likeness (QED) is 0.680. The standard InChI is InChI=1S/C15H13BrCl2FNO/c1-8(9-3-4-13(19)12(18)5-9)20-14-7-10(17)6-11(16)15(14)21-2/h3-8,20H,1-2H3. The fraction of sp³-hybridized carbons (Fsp3) is 0.200. The third-order valence-electron chi connectivity index (χ3n) is 3.03. The summed E-state index contributed by atoms with van der Waals surface area (Å²) in [6, 6.07) is 8.06. The molecule has 0 saturated heterocycles. The number of benzene rings is 2. The van der Waals surface area contributed by atoms with Crippen LogP contribution in [-0.4, -0.2) is 7.11 Å². The molecule has 1 atom stereocenters. The minimum atomic E-state index is -0.435. The van der Waals surface area contributed by atoms with Crippen LogP contribution < -0.4 is 10.1 Å². The lowest BCUT2D eigenvalue weighted by Crippen LogP contribution is -2.08. The molecule has 1 N–H and O–H groups in total. The maximum absolute atomic E-state index is 13.2. The van der Waals surface area contributed by atoms with E-state index in [1.165, 1.54) is 6.07 Å². The van der Waals surface area contributed by atoms with Gasteiger partial charge in [-0.1, -0.05) is 29.3 Å². The smallest absolute Gasteiger partial charge is 0.156 e. The zero-order chi connectivity index (χ0) is 15.6. The molecule has 2 nitrogen and oxygen atoms in total. The minimum absolute atomic E-state index is 0.0950. The van der Waals surface area contributed by atoms with Crippen LogP contribution >= 0.6 is 39.1 Å². The maximum Gasteiger partial charge on any atom is 0.156 e. The lowest BCUT2D eigenvalue weighted by atomic mass is 10.1. The van der Waals surface area contributed by atoms with Gasteiger partial charge in [-0.15, -0.1) is 0 Å². The summed E-state index contributed by atoms with van der Waals surface area (Å²) >= 11 is 15.3. The number of rotatable bonds is 4. The van der Waals surface area contributed by atoms with Crippen molar-refractivity contribution >= 4 is 44.8 Å². The maximum atomic E-state index is 13.2. The Morgan fingerprint density at radius 3 is 2.57 bits per heavy atom. The lowest BCUT2D eigenvalue weighted by Gasteiger charge is -2.19. The molecule has 0 saturated carbocycles. The van der Waals surface area contributed by atoms with Gasteiger partial charge in [0.2, 0.25) is 0 Å². The van der Waals surface area contributed by atoms with Crippen LogP contribution in [0.5, 0.6) is 5.75 Å². The molecule has 0 heterocycles. The molecular weight excluding hydrogens is 380 g/mol. The van der Waals surface area contributed by atoms with Gasteiger partial charge >= 0.3 is 0 Å². The van der Waals surface area contributed by atoms with E-state index in [2.05, 4.69) is 21.2 Å². The molecule has 0 aliphatic heterocycles. The van der Waals surface area contributed by atoms with E-state index in [0.29, 0.717) is 10.8 Å². The summed E-state index contributed by atoms with van der Waals surface area (Å²) in [5.41, 5.74) is 1.60. The predicted molar refractivity (Wildman–Crippen MR) is 89.2 cm³/mol.